The Labute approximate surface area is 112 Å². The quantitative estimate of drug-likeness (QED) is 0.801. The SMILES string of the molecule is CC1CCC(N(C)C(=O)c2c(F)cccc2F)CC1. The monoisotopic (exact) mass is 267 g/mol. The van der Waals surface area contributed by atoms with Crippen LogP contribution < -0.4 is 0 Å². The van der Waals surface area contributed by atoms with Crippen molar-refractivity contribution in [3.63, 3.8) is 0 Å². The van der Waals surface area contributed by atoms with Gasteiger partial charge in [0.1, 0.15) is 17.2 Å². The van der Waals surface area contributed by atoms with Gasteiger partial charge in [-0.15, -0.1) is 0 Å². The predicted octanol–water partition coefficient (Wildman–Crippen LogP) is 3.62. The molecule has 0 spiro atoms. The van der Waals surface area contributed by atoms with Gasteiger partial charge in [-0.25, -0.2) is 8.78 Å². The van der Waals surface area contributed by atoms with Crippen molar-refractivity contribution in [3.8, 4) is 0 Å². The largest absolute Gasteiger partial charge is 0.339 e. The van der Waals surface area contributed by atoms with Gasteiger partial charge >= 0.3 is 0 Å². The van der Waals surface area contributed by atoms with Crippen LogP contribution in [0.2, 0.25) is 0 Å². The van der Waals surface area contributed by atoms with Gasteiger partial charge in [0, 0.05) is 13.1 Å². The molecule has 0 bridgehead atoms. The van der Waals surface area contributed by atoms with Gasteiger partial charge in [-0.1, -0.05) is 13.0 Å². The summed E-state index contributed by atoms with van der Waals surface area (Å²) in [5.41, 5.74) is -0.441. The molecule has 0 radical (unpaired) electrons. The lowest BCUT2D eigenvalue weighted by molar-refractivity contribution is 0.0669. The zero-order chi connectivity index (χ0) is 14.0. The van der Waals surface area contributed by atoms with Gasteiger partial charge < -0.3 is 4.90 Å². The summed E-state index contributed by atoms with van der Waals surface area (Å²) in [6.45, 7) is 2.19. The molecular weight excluding hydrogens is 248 g/mol. The molecule has 0 N–H and O–H groups in total. The van der Waals surface area contributed by atoms with Crippen molar-refractivity contribution in [3.05, 3.63) is 35.4 Å². The molecule has 2 rings (SSSR count). The van der Waals surface area contributed by atoms with Crippen LogP contribution in [-0.4, -0.2) is 23.9 Å². The first kappa shape index (κ1) is 14.0. The van der Waals surface area contributed by atoms with Gasteiger partial charge in [0.15, 0.2) is 0 Å². The Bertz CT molecular complexity index is 447. The van der Waals surface area contributed by atoms with Crippen molar-refractivity contribution in [1.82, 2.24) is 4.90 Å². The van der Waals surface area contributed by atoms with E-state index in [1.54, 1.807) is 7.05 Å². The zero-order valence-electron chi connectivity index (χ0n) is 11.3. The minimum absolute atomic E-state index is 0.0858. The van der Waals surface area contributed by atoms with Gasteiger partial charge in [-0.3, -0.25) is 4.79 Å². The van der Waals surface area contributed by atoms with Crippen LogP contribution in [0.3, 0.4) is 0 Å². The third-order valence-electron chi connectivity index (χ3n) is 4.03. The lowest BCUT2D eigenvalue weighted by Crippen LogP contribution is -2.40. The fourth-order valence-electron chi connectivity index (χ4n) is 2.67. The normalized spacial score (nSPS) is 23.2. The maximum Gasteiger partial charge on any atom is 0.259 e. The Morgan fingerprint density at radius 1 is 1.16 bits per heavy atom. The second-order valence-electron chi connectivity index (χ2n) is 5.43. The molecule has 2 nitrogen and oxygen atoms in total. The average Bonchev–Trinajstić information content (AvgIpc) is 2.38. The molecule has 1 aliphatic rings. The average molecular weight is 267 g/mol. The van der Waals surface area contributed by atoms with E-state index in [4.69, 9.17) is 0 Å². The van der Waals surface area contributed by atoms with Crippen LogP contribution in [0.25, 0.3) is 0 Å². The first-order valence-corrected chi connectivity index (χ1v) is 6.72. The van der Waals surface area contributed by atoms with E-state index in [2.05, 4.69) is 6.92 Å². The summed E-state index contributed by atoms with van der Waals surface area (Å²) in [6, 6.07) is 3.59. The number of carbonyl (C=O) groups is 1. The number of amides is 1. The highest BCUT2D eigenvalue weighted by atomic mass is 19.1. The summed E-state index contributed by atoms with van der Waals surface area (Å²) in [7, 11) is 1.63. The van der Waals surface area contributed by atoms with Crippen LogP contribution in [0.1, 0.15) is 43.0 Å². The Kier molecular flexibility index (Phi) is 4.17. The number of halogens is 2. The fraction of sp³-hybridized carbons (Fsp3) is 0.533. The van der Waals surface area contributed by atoms with E-state index in [1.807, 2.05) is 0 Å². The molecule has 0 aliphatic heterocycles. The van der Waals surface area contributed by atoms with E-state index in [1.165, 1.54) is 11.0 Å². The highest BCUT2D eigenvalue weighted by Crippen LogP contribution is 2.27. The van der Waals surface area contributed by atoms with Crippen LogP contribution in [0, 0.1) is 17.6 Å². The van der Waals surface area contributed by atoms with E-state index in [-0.39, 0.29) is 6.04 Å². The molecule has 0 atom stereocenters. The molecule has 1 aliphatic carbocycles. The second-order valence-corrected chi connectivity index (χ2v) is 5.43. The summed E-state index contributed by atoms with van der Waals surface area (Å²) >= 11 is 0. The maximum absolute atomic E-state index is 13.6. The predicted molar refractivity (Wildman–Crippen MR) is 69.9 cm³/mol. The van der Waals surface area contributed by atoms with Crippen LogP contribution >= 0.6 is 0 Å². The van der Waals surface area contributed by atoms with E-state index >= 15 is 0 Å². The molecule has 1 aromatic rings. The van der Waals surface area contributed by atoms with Gasteiger partial charge in [-0.05, 0) is 43.7 Å². The Balaban J connectivity index is 2.15. The molecule has 1 saturated carbocycles. The fourth-order valence-corrected chi connectivity index (χ4v) is 2.67. The highest BCUT2D eigenvalue weighted by Gasteiger charge is 2.28. The lowest BCUT2D eigenvalue weighted by atomic mass is 9.86. The van der Waals surface area contributed by atoms with E-state index in [0.717, 1.165) is 37.8 Å². The molecular formula is C15H19F2NO. The highest BCUT2D eigenvalue weighted by molar-refractivity contribution is 5.94. The maximum atomic E-state index is 13.6. The van der Waals surface area contributed by atoms with Crippen LogP contribution in [0.15, 0.2) is 18.2 Å². The summed E-state index contributed by atoms with van der Waals surface area (Å²) in [6.07, 6.45) is 3.92. The Hall–Kier alpha value is -1.45. The standard InChI is InChI=1S/C15H19F2NO/c1-10-6-8-11(9-7-10)18(2)15(19)14-12(16)4-3-5-13(14)17/h3-5,10-11H,6-9H2,1-2H3. The number of rotatable bonds is 2. The Morgan fingerprint density at radius 3 is 2.21 bits per heavy atom. The summed E-state index contributed by atoms with van der Waals surface area (Å²) in [5, 5.41) is 0. The van der Waals surface area contributed by atoms with Crippen LogP contribution in [-0.2, 0) is 0 Å². The van der Waals surface area contributed by atoms with Crippen LogP contribution in [0.4, 0.5) is 8.78 Å². The second kappa shape index (κ2) is 5.68. The molecule has 1 fully saturated rings. The molecule has 4 heteroatoms. The van der Waals surface area contributed by atoms with Crippen molar-refractivity contribution in [1.29, 1.82) is 0 Å². The number of hydrogen-bond acceptors (Lipinski definition) is 1. The smallest absolute Gasteiger partial charge is 0.259 e. The molecule has 0 unspecified atom stereocenters. The van der Waals surface area contributed by atoms with Crippen molar-refractivity contribution >= 4 is 5.91 Å². The lowest BCUT2D eigenvalue weighted by Gasteiger charge is -2.33. The Morgan fingerprint density at radius 2 is 1.68 bits per heavy atom. The van der Waals surface area contributed by atoms with Gasteiger partial charge in [-0.2, -0.15) is 0 Å². The van der Waals surface area contributed by atoms with E-state index < -0.39 is 23.1 Å². The minimum atomic E-state index is -0.791. The minimum Gasteiger partial charge on any atom is -0.339 e. The third kappa shape index (κ3) is 2.94. The van der Waals surface area contributed by atoms with Gasteiger partial charge in [0.25, 0.3) is 5.91 Å². The third-order valence-corrected chi connectivity index (χ3v) is 4.03. The number of nitrogens with zero attached hydrogens (tertiary/aromatic N) is 1. The summed E-state index contributed by atoms with van der Waals surface area (Å²) < 4.78 is 27.2. The topological polar surface area (TPSA) is 20.3 Å². The molecule has 0 heterocycles. The number of benzene rings is 1. The van der Waals surface area contributed by atoms with Crippen molar-refractivity contribution in [2.75, 3.05) is 7.05 Å². The van der Waals surface area contributed by atoms with Crippen molar-refractivity contribution in [2.24, 2.45) is 5.92 Å². The molecule has 0 aromatic heterocycles. The number of hydrogen-bond donors (Lipinski definition) is 0. The molecule has 19 heavy (non-hydrogen) atoms. The molecule has 1 amide bonds. The van der Waals surface area contributed by atoms with Crippen LogP contribution in [0.5, 0.6) is 0 Å². The molecule has 104 valence electrons. The first-order chi connectivity index (χ1) is 9.00. The summed E-state index contributed by atoms with van der Waals surface area (Å²) in [5.74, 6) is -1.47. The van der Waals surface area contributed by atoms with E-state index in [9.17, 15) is 13.6 Å². The summed E-state index contributed by atoms with van der Waals surface area (Å²) in [4.78, 5) is 13.7. The molecule has 1 aromatic carbocycles. The molecule has 0 saturated heterocycles. The van der Waals surface area contributed by atoms with Gasteiger partial charge in [0.05, 0.1) is 0 Å². The number of carbonyl (C=O) groups excluding carboxylic acids is 1. The van der Waals surface area contributed by atoms with E-state index in [0.29, 0.717) is 5.92 Å². The zero-order valence-corrected chi connectivity index (χ0v) is 11.3. The van der Waals surface area contributed by atoms with Gasteiger partial charge in [0.2, 0.25) is 0 Å². The first-order valence-electron chi connectivity index (χ1n) is 6.72. The van der Waals surface area contributed by atoms with Crippen molar-refractivity contribution in [2.45, 2.75) is 38.6 Å². The van der Waals surface area contributed by atoms with Crippen molar-refractivity contribution < 1.29 is 13.6 Å².